The molecule has 1 aromatic carbocycles. The van der Waals surface area contributed by atoms with Crippen LogP contribution in [0.15, 0.2) is 42.7 Å². The summed E-state index contributed by atoms with van der Waals surface area (Å²) in [5.74, 6) is 0.753. The fraction of sp³-hybridized carbons (Fsp3) is 0.375. The minimum absolute atomic E-state index is 0.0518. The highest BCUT2D eigenvalue weighted by Crippen LogP contribution is 2.33. The molecule has 1 unspecified atom stereocenters. The van der Waals surface area contributed by atoms with Crippen molar-refractivity contribution in [2.75, 3.05) is 37.6 Å². The first kappa shape index (κ1) is 20.3. The van der Waals surface area contributed by atoms with E-state index in [1.54, 1.807) is 10.7 Å². The lowest BCUT2D eigenvalue weighted by Crippen LogP contribution is -2.43. The molecule has 2 atom stereocenters. The highest BCUT2D eigenvalue weighted by atomic mass is 16.5. The molecule has 2 saturated heterocycles. The number of nitriles is 1. The topological polar surface area (TPSA) is 94.7 Å². The van der Waals surface area contributed by atoms with Crippen molar-refractivity contribution in [3.8, 4) is 22.9 Å². The first-order valence-electron chi connectivity index (χ1n) is 11.0. The Hall–Kier alpha value is -3.57. The predicted octanol–water partition coefficient (Wildman–Crippen LogP) is 2.19. The Bertz CT molecular complexity index is 1170. The number of nitrogens with one attached hydrogen (secondary N) is 2. The smallest absolute Gasteiger partial charge is 0.220 e. The lowest BCUT2D eigenvalue weighted by atomic mass is 10.0. The molecule has 5 rings (SSSR count). The van der Waals surface area contributed by atoms with E-state index in [4.69, 9.17) is 4.74 Å². The van der Waals surface area contributed by atoms with Gasteiger partial charge in [-0.1, -0.05) is 12.1 Å². The number of benzene rings is 1. The Morgan fingerprint density at radius 3 is 2.69 bits per heavy atom. The molecule has 2 aliphatic heterocycles. The quantitative estimate of drug-likeness (QED) is 0.644. The maximum Gasteiger partial charge on any atom is 0.220 e. The second-order valence-electron chi connectivity index (χ2n) is 8.43. The molecule has 0 aliphatic carbocycles. The van der Waals surface area contributed by atoms with Crippen LogP contribution in [0.2, 0.25) is 0 Å². The molecule has 0 spiro atoms. The van der Waals surface area contributed by atoms with Crippen LogP contribution < -0.4 is 20.3 Å². The Morgan fingerprint density at radius 1 is 1.22 bits per heavy atom. The van der Waals surface area contributed by atoms with Gasteiger partial charge < -0.3 is 20.3 Å². The number of fused-ring (bicyclic) bond motifs is 1. The van der Waals surface area contributed by atoms with E-state index in [0.717, 1.165) is 37.3 Å². The van der Waals surface area contributed by atoms with Crippen molar-refractivity contribution in [2.24, 2.45) is 5.92 Å². The molecule has 0 radical (unpaired) electrons. The monoisotopic (exact) mass is 430 g/mol. The van der Waals surface area contributed by atoms with E-state index in [9.17, 15) is 10.1 Å². The van der Waals surface area contributed by atoms with E-state index < -0.39 is 0 Å². The molecule has 164 valence electrons. The molecule has 8 nitrogen and oxygen atoms in total. The average molecular weight is 431 g/mol. The maximum absolute atomic E-state index is 11.6. The number of amides is 1. The van der Waals surface area contributed by atoms with Crippen LogP contribution in [0.25, 0.3) is 16.6 Å². The SMILES string of the molecule is CC(Oc1cc(-c2ccc(N3CCNCC3)cc2)cn2ncc(C#N)c12)[C@H]1CNC(=O)C1. The maximum atomic E-state index is 11.6. The Kier molecular flexibility index (Phi) is 5.41. The number of nitrogens with zero attached hydrogens (tertiary/aromatic N) is 4. The minimum atomic E-state index is -0.176. The van der Waals surface area contributed by atoms with Gasteiger partial charge in [0.1, 0.15) is 29.0 Å². The summed E-state index contributed by atoms with van der Waals surface area (Å²) in [6.45, 7) is 6.58. The standard InChI is InChI=1S/C24H26N6O2/c1-16(18-11-23(31)27-13-18)32-22-10-19(15-30-24(22)20(12-25)14-28-30)17-2-4-21(5-3-17)29-8-6-26-7-9-29/h2-5,10,14-16,18,26H,6-9,11,13H2,1H3,(H,27,31)/t16?,18-/m1/s1. The normalized spacial score (nSPS) is 19.6. The Morgan fingerprint density at radius 2 is 2.00 bits per heavy atom. The molecule has 1 amide bonds. The van der Waals surface area contributed by atoms with E-state index in [1.807, 2.05) is 19.2 Å². The van der Waals surface area contributed by atoms with Crippen LogP contribution in [0.5, 0.6) is 5.75 Å². The molecule has 0 saturated carbocycles. The van der Waals surface area contributed by atoms with Crippen LogP contribution in [-0.2, 0) is 4.79 Å². The summed E-state index contributed by atoms with van der Waals surface area (Å²) in [6, 6.07) is 12.7. The van der Waals surface area contributed by atoms with Gasteiger partial charge in [-0.25, -0.2) is 4.52 Å². The number of piperazine rings is 1. The summed E-state index contributed by atoms with van der Waals surface area (Å²) in [4.78, 5) is 14.0. The van der Waals surface area contributed by atoms with Crippen molar-refractivity contribution in [2.45, 2.75) is 19.4 Å². The van der Waals surface area contributed by atoms with Crippen LogP contribution in [0.1, 0.15) is 18.9 Å². The highest BCUT2D eigenvalue weighted by Gasteiger charge is 2.29. The van der Waals surface area contributed by atoms with Crippen LogP contribution in [-0.4, -0.2) is 54.3 Å². The van der Waals surface area contributed by atoms with Crippen molar-refractivity contribution >= 4 is 17.1 Å². The number of carbonyl (C=O) groups is 1. The first-order valence-corrected chi connectivity index (χ1v) is 11.0. The van der Waals surface area contributed by atoms with Crippen molar-refractivity contribution in [3.05, 3.63) is 48.3 Å². The van der Waals surface area contributed by atoms with Gasteiger partial charge in [-0.3, -0.25) is 4.79 Å². The van der Waals surface area contributed by atoms with E-state index >= 15 is 0 Å². The molecule has 3 aromatic rings. The third-order valence-electron chi connectivity index (χ3n) is 6.37. The largest absolute Gasteiger partial charge is 0.488 e. The number of aromatic nitrogens is 2. The van der Waals surface area contributed by atoms with Gasteiger partial charge in [0.15, 0.2) is 0 Å². The summed E-state index contributed by atoms with van der Waals surface area (Å²) in [6.07, 6.45) is 3.76. The van der Waals surface area contributed by atoms with Gasteiger partial charge in [0.25, 0.3) is 0 Å². The summed E-state index contributed by atoms with van der Waals surface area (Å²) >= 11 is 0. The number of hydrogen-bond donors (Lipinski definition) is 2. The highest BCUT2D eigenvalue weighted by molar-refractivity contribution is 5.78. The predicted molar refractivity (Wildman–Crippen MR) is 122 cm³/mol. The number of ether oxygens (including phenoxy) is 1. The number of hydrogen-bond acceptors (Lipinski definition) is 6. The third kappa shape index (κ3) is 3.87. The van der Waals surface area contributed by atoms with Crippen molar-refractivity contribution in [1.29, 1.82) is 5.26 Å². The number of pyridine rings is 1. The third-order valence-corrected chi connectivity index (χ3v) is 6.37. The second kappa shape index (κ2) is 8.52. The zero-order chi connectivity index (χ0) is 22.1. The first-order chi connectivity index (χ1) is 15.6. The van der Waals surface area contributed by atoms with Gasteiger partial charge in [-0.15, -0.1) is 0 Å². The zero-order valence-electron chi connectivity index (χ0n) is 18.0. The Balaban J connectivity index is 1.47. The molecule has 8 heteroatoms. The zero-order valence-corrected chi connectivity index (χ0v) is 18.0. The molecule has 4 heterocycles. The average Bonchev–Trinajstić information content (AvgIpc) is 3.46. The summed E-state index contributed by atoms with van der Waals surface area (Å²) in [5, 5.41) is 20.2. The van der Waals surface area contributed by atoms with E-state index in [0.29, 0.717) is 29.8 Å². The van der Waals surface area contributed by atoms with E-state index in [1.165, 1.54) is 5.69 Å². The van der Waals surface area contributed by atoms with Gasteiger partial charge in [-0.2, -0.15) is 10.4 Å². The molecule has 2 N–H and O–H groups in total. The summed E-state index contributed by atoms with van der Waals surface area (Å²) in [7, 11) is 0. The number of anilines is 1. The molecule has 2 aliphatic rings. The van der Waals surface area contributed by atoms with Crippen LogP contribution in [0.3, 0.4) is 0 Å². The van der Waals surface area contributed by atoms with Gasteiger partial charge >= 0.3 is 0 Å². The van der Waals surface area contributed by atoms with Gasteiger partial charge in [0.2, 0.25) is 5.91 Å². The van der Waals surface area contributed by atoms with Crippen LogP contribution in [0, 0.1) is 17.2 Å². The molecule has 2 fully saturated rings. The molecule has 32 heavy (non-hydrogen) atoms. The van der Waals surface area contributed by atoms with Crippen molar-refractivity contribution < 1.29 is 9.53 Å². The molecular formula is C24H26N6O2. The van der Waals surface area contributed by atoms with Gasteiger partial charge in [0.05, 0.1) is 6.20 Å². The fourth-order valence-corrected chi connectivity index (χ4v) is 4.46. The fourth-order valence-electron chi connectivity index (χ4n) is 4.46. The Labute approximate surface area is 186 Å². The van der Waals surface area contributed by atoms with Gasteiger partial charge in [-0.05, 0) is 30.7 Å². The molecule has 2 aromatic heterocycles. The molecule has 0 bridgehead atoms. The van der Waals surface area contributed by atoms with Crippen molar-refractivity contribution in [1.82, 2.24) is 20.2 Å². The number of rotatable bonds is 5. The van der Waals surface area contributed by atoms with Crippen LogP contribution >= 0.6 is 0 Å². The van der Waals surface area contributed by atoms with Crippen molar-refractivity contribution in [3.63, 3.8) is 0 Å². The minimum Gasteiger partial charge on any atom is -0.488 e. The van der Waals surface area contributed by atoms with E-state index in [-0.39, 0.29) is 17.9 Å². The lowest BCUT2D eigenvalue weighted by Gasteiger charge is -2.29. The summed E-state index contributed by atoms with van der Waals surface area (Å²) in [5.41, 5.74) is 4.34. The second-order valence-corrected chi connectivity index (χ2v) is 8.43. The van der Waals surface area contributed by atoms with Gasteiger partial charge in [0, 0.05) is 62.5 Å². The van der Waals surface area contributed by atoms with E-state index in [2.05, 4.69) is 51.0 Å². The van der Waals surface area contributed by atoms with Crippen LogP contribution in [0.4, 0.5) is 5.69 Å². The molecular weight excluding hydrogens is 404 g/mol. The lowest BCUT2D eigenvalue weighted by molar-refractivity contribution is -0.119. The summed E-state index contributed by atoms with van der Waals surface area (Å²) < 4.78 is 8.03. The number of carbonyl (C=O) groups excluding carboxylic acids is 1.